The second-order valence-corrected chi connectivity index (χ2v) is 8.12. The first-order valence-corrected chi connectivity index (χ1v) is 9.02. The van der Waals surface area contributed by atoms with Crippen LogP contribution in [0.15, 0.2) is 65.6 Å². The molecule has 0 bridgehead atoms. The number of benzene rings is 2. The molecule has 0 aromatic heterocycles. The Bertz CT molecular complexity index is 800. The fraction of sp³-hybridized carbons (Fsp3) is 0.158. The average Bonchev–Trinajstić information content (AvgIpc) is 2.59. The SMILES string of the molecule is C=C([Se]c1ccccc1)C1(C)C(=O)c2ccccc2N(C)C1=O. The standard InChI is InChI=1S/C19H17NO2Se/c1-13(23-14-9-5-4-6-10-14)19(2)17(21)15-11-7-8-12-16(15)20(3)18(19)22/h4-12H,1H2,2-3H3. The molecule has 2 aromatic carbocycles. The van der Waals surface area contributed by atoms with Crippen LogP contribution in [-0.4, -0.2) is 33.7 Å². The van der Waals surface area contributed by atoms with Gasteiger partial charge < -0.3 is 0 Å². The van der Waals surface area contributed by atoms with E-state index in [-0.39, 0.29) is 26.6 Å². The van der Waals surface area contributed by atoms with Crippen molar-refractivity contribution in [1.82, 2.24) is 0 Å². The van der Waals surface area contributed by atoms with Crippen molar-refractivity contribution in [3.63, 3.8) is 0 Å². The number of rotatable bonds is 3. The second kappa shape index (κ2) is 5.80. The third-order valence-corrected chi connectivity index (χ3v) is 6.68. The van der Waals surface area contributed by atoms with Crippen molar-refractivity contribution in [2.75, 3.05) is 11.9 Å². The molecule has 0 saturated heterocycles. The Labute approximate surface area is 142 Å². The van der Waals surface area contributed by atoms with E-state index >= 15 is 0 Å². The first kappa shape index (κ1) is 15.7. The second-order valence-electron chi connectivity index (χ2n) is 5.67. The number of anilines is 1. The van der Waals surface area contributed by atoms with Gasteiger partial charge in [0.1, 0.15) is 0 Å². The van der Waals surface area contributed by atoms with Crippen LogP contribution in [-0.2, 0) is 4.79 Å². The summed E-state index contributed by atoms with van der Waals surface area (Å²) in [5.41, 5.74) is 0.0565. The van der Waals surface area contributed by atoms with Crippen molar-refractivity contribution in [3.05, 3.63) is 71.2 Å². The molecule has 1 aliphatic heterocycles. The number of para-hydroxylation sites is 1. The molecule has 116 valence electrons. The number of amides is 1. The van der Waals surface area contributed by atoms with Crippen molar-refractivity contribution >= 4 is 36.8 Å². The van der Waals surface area contributed by atoms with E-state index in [4.69, 9.17) is 0 Å². The fourth-order valence-corrected chi connectivity index (χ4v) is 4.77. The minimum absolute atomic E-state index is 0.144. The predicted octanol–water partition coefficient (Wildman–Crippen LogP) is 2.40. The van der Waals surface area contributed by atoms with Crippen LogP contribution >= 0.6 is 0 Å². The van der Waals surface area contributed by atoms with E-state index in [2.05, 4.69) is 6.58 Å². The Morgan fingerprint density at radius 3 is 2.35 bits per heavy atom. The molecular formula is C19H17NO2Se. The van der Waals surface area contributed by atoms with Crippen LogP contribution < -0.4 is 9.36 Å². The summed E-state index contributed by atoms with van der Waals surface area (Å²) in [5, 5.41) is 0. The van der Waals surface area contributed by atoms with E-state index in [1.54, 1.807) is 31.0 Å². The summed E-state index contributed by atoms with van der Waals surface area (Å²) in [7, 11) is 1.72. The number of nitrogens with zero attached hydrogens (tertiary/aromatic N) is 1. The number of hydrogen-bond donors (Lipinski definition) is 0. The van der Waals surface area contributed by atoms with Crippen LogP contribution in [0.3, 0.4) is 0 Å². The van der Waals surface area contributed by atoms with Crippen molar-refractivity contribution in [2.45, 2.75) is 6.92 Å². The van der Waals surface area contributed by atoms with Gasteiger partial charge in [-0.05, 0) is 0 Å². The Hall–Kier alpha value is -2.16. The maximum atomic E-state index is 13.0. The molecule has 0 saturated carbocycles. The van der Waals surface area contributed by atoms with Crippen LogP contribution in [0.1, 0.15) is 17.3 Å². The quantitative estimate of drug-likeness (QED) is 0.615. The number of carbonyl (C=O) groups is 2. The van der Waals surface area contributed by atoms with Crippen molar-refractivity contribution in [2.24, 2.45) is 5.41 Å². The fourth-order valence-electron chi connectivity index (χ4n) is 2.75. The summed E-state index contributed by atoms with van der Waals surface area (Å²) in [6.07, 6.45) is 0. The van der Waals surface area contributed by atoms with E-state index in [9.17, 15) is 9.59 Å². The van der Waals surface area contributed by atoms with Crippen molar-refractivity contribution < 1.29 is 9.59 Å². The van der Waals surface area contributed by atoms with Crippen molar-refractivity contribution in [3.8, 4) is 0 Å². The predicted molar refractivity (Wildman–Crippen MR) is 93.3 cm³/mol. The molecule has 1 aliphatic rings. The zero-order valence-electron chi connectivity index (χ0n) is 13.1. The molecule has 0 fully saturated rings. The Kier molecular flexibility index (Phi) is 3.97. The third-order valence-electron chi connectivity index (χ3n) is 4.24. The van der Waals surface area contributed by atoms with Gasteiger partial charge in [0, 0.05) is 0 Å². The summed E-state index contributed by atoms with van der Waals surface area (Å²) in [6.45, 7) is 5.82. The summed E-state index contributed by atoms with van der Waals surface area (Å²) in [6, 6.07) is 17.1. The molecule has 1 heterocycles. The molecule has 1 amide bonds. The summed E-state index contributed by atoms with van der Waals surface area (Å²) < 4.78 is 1.79. The van der Waals surface area contributed by atoms with Crippen LogP contribution in [0.2, 0.25) is 0 Å². The molecular weight excluding hydrogens is 353 g/mol. The molecule has 4 heteroatoms. The van der Waals surface area contributed by atoms with Crippen LogP contribution in [0.4, 0.5) is 5.69 Å². The number of Topliss-reactive ketones (excluding diaryl/α,β-unsaturated/α-hetero) is 1. The molecule has 0 N–H and O–H groups in total. The van der Waals surface area contributed by atoms with Gasteiger partial charge in [-0.2, -0.15) is 0 Å². The summed E-state index contributed by atoms with van der Waals surface area (Å²) in [4.78, 5) is 27.5. The van der Waals surface area contributed by atoms with Gasteiger partial charge in [-0.3, -0.25) is 0 Å². The number of hydrogen-bond acceptors (Lipinski definition) is 2. The summed E-state index contributed by atoms with van der Waals surface area (Å²) in [5.74, 6) is -0.358. The van der Waals surface area contributed by atoms with Gasteiger partial charge in [0.2, 0.25) is 0 Å². The molecule has 3 rings (SSSR count). The van der Waals surface area contributed by atoms with Crippen LogP contribution in [0, 0.1) is 5.41 Å². The van der Waals surface area contributed by atoms with Gasteiger partial charge in [0.15, 0.2) is 0 Å². The van der Waals surface area contributed by atoms with Gasteiger partial charge in [-0.15, -0.1) is 0 Å². The van der Waals surface area contributed by atoms with Gasteiger partial charge in [0.05, 0.1) is 0 Å². The number of carbonyl (C=O) groups excluding carboxylic acids is 2. The van der Waals surface area contributed by atoms with E-state index in [1.807, 2.05) is 42.5 Å². The third kappa shape index (κ3) is 2.44. The molecule has 1 atom stereocenters. The van der Waals surface area contributed by atoms with Gasteiger partial charge in [-0.1, -0.05) is 0 Å². The Balaban J connectivity index is 2.02. The molecule has 23 heavy (non-hydrogen) atoms. The molecule has 0 aliphatic carbocycles. The van der Waals surface area contributed by atoms with Gasteiger partial charge in [0.25, 0.3) is 0 Å². The monoisotopic (exact) mass is 371 g/mol. The molecule has 2 aromatic rings. The topological polar surface area (TPSA) is 37.4 Å². The Morgan fingerprint density at radius 2 is 1.65 bits per heavy atom. The van der Waals surface area contributed by atoms with Crippen LogP contribution in [0.5, 0.6) is 0 Å². The summed E-state index contributed by atoms with van der Waals surface area (Å²) >= 11 is -0.144. The molecule has 0 spiro atoms. The number of ketones is 1. The maximum absolute atomic E-state index is 13.0. The van der Waals surface area contributed by atoms with E-state index < -0.39 is 5.41 Å². The molecule has 1 unspecified atom stereocenters. The average molecular weight is 370 g/mol. The van der Waals surface area contributed by atoms with E-state index in [0.29, 0.717) is 15.7 Å². The first-order chi connectivity index (χ1) is 11.0. The van der Waals surface area contributed by atoms with Gasteiger partial charge in [-0.25, -0.2) is 0 Å². The Morgan fingerprint density at radius 1 is 1.04 bits per heavy atom. The normalized spacial score (nSPS) is 20.3. The first-order valence-electron chi connectivity index (χ1n) is 7.30. The molecule has 3 nitrogen and oxygen atoms in total. The minimum atomic E-state index is -1.20. The molecule has 0 radical (unpaired) electrons. The van der Waals surface area contributed by atoms with E-state index in [1.165, 1.54) is 0 Å². The van der Waals surface area contributed by atoms with Gasteiger partial charge >= 0.3 is 142 Å². The van der Waals surface area contributed by atoms with Crippen molar-refractivity contribution in [1.29, 1.82) is 0 Å². The zero-order valence-corrected chi connectivity index (χ0v) is 14.8. The van der Waals surface area contributed by atoms with E-state index in [0.717, 1.165) is 4.46 Å². The number of fused-ring (bicyclic) bond motifs is 1. The zero-order chi connectivity index (χ0) is 16.6. The van der Waals surface area contributed by atoms with Crippen LogP contribution in [0.25, 0.3) is 0 Å².